The summed E-state index contributed by atoms with van der Waals surface area (Å²) < 4.78 is 131. The third kappa shape index (κ3) is 2.93. The SMILES string of the molecule is OC(F)(F)C(F)(F)OC(F)(F)C(F)(F)C(F)(F)F. The maximum atomic E-state index is 12.1. The van der Waals surface area contributed by atoms with Crippen molar-refractivity contribution in [3.05, 3.63) is 0 Å². The van der Waals surface area contributed by atoms with Gasteiger partial charge in [0.05, 0.1) is 0 Å². The van der Waals surface area contributed by atoms with Crippen LogP contribution in [0.5, 0.6) is 0 Å². The van der Waals surface area contributed by atoms with E-state index in [-0.39, 0.29) is 0 Å². The number of rotatable bonds is 4. The number of halogens is 11. The molecule has 1 N–H and O–H groups in total. The molecule has 0 aromatic heterocycles. The van der Waals surface area contributed by atoms with E-state index in [0.717, 1.165) is 0 Å². The van der Waals surface area contributed by atoms with E-state index in [2.05, 4.69) is 0 Å². The molecule has 0 heterocycles. The summed E-state index contributed by atoms with van der Waals surface area (Å²) in [7, 11) is 0. The van der Waals surface area contributed by atoms with Gasteiger partial charge in [-0.2, -0.15) is 48.3 Å². The second-order valence-electron chi connectivity index (χ2n) is 2.75. The first-order valence-electron chi connectivity index (χ1n) is 3.46. The first-order chi connectivity index (χ1) is 7.46. The second-order valence-corrected chi connectivity index (χ2v) is 2.75. The minimum absolute atomic E-state index is 1.44. The average Bonchev–Trinajstić information content (AvgIpc) is 1.96. The van der Waals surface area contributed by atoms with Gasteiger partial charge in [-0.1, -0.05) is 0 Å². The molecule has 0 aliphatic carbocycles. The molecule has 0 aliphatic rings. The van der Waals surface area contributed by atoms with Crippen LogP contribution in [0, 0.1) is 0 Å². The first kappa shape index (κ1) is 17.2. The number of aliphatic hydroxyl groups is 1. The van der Waals surface area contributed by atoms with E-state index in [4.69, 9.17) is 5.11 Å². The molecule has 0 spiro atoms. The highest BCUT2D eigenvalue weighted by Crippen LogP contribution is 2.50. The molecule has 0 radical (unpaired) electrons. The quantitative estimate of drug-likeness (QED) is 0.809. The van der Waals surface area contributed by atoms with Crippen LogP contribution in [0.3, 0.4) is 0 Å². The van der Waals surface area contributed by atoms with Gasteiger partial charge in [0.1, 0.15) is 0 Å². The molecule has 110 valence electrons. The van der Waals surface area contributed by atoms with Crippen LogP contribution in [0.2, 0.25) is 0 Å². The van der Waals surface area contributed by atoms with Gasteiger partial charge >= 0.3 is 30.4 Å². The van der Waals surface area contributed by atoms with E-state index in [1.807, 2.05) is 0 Å². The van der Waals surface area contributed by atoms with Crippen molar-refractivity contribution < 1.29 is 58.1 Å². The van der Waals surface area contributed by atoms with Crippen LogP contribution in [0.1, 0.15) is 0 Å². The predicted molar refractivity (Wildman–Crippen MR) is 29.1 cm³/mol. The molecule has 0 aromatic rings. The molecule has 0 fully saturated rings. The highest BCUT2D eigenvalue weighted by atomic mass is 19.4. The van der Waals surface area contributed by atoms with Crippen molar-refractivity contribution in [2.75, 3.05) is 0 Å². The van der Waals surface area contributed by atoms with E-state index in [1.165, 1.54) is 4.74 Å². The van der Waals surface area contributed by atoms with Gasteiger partial charge in [0.25, 0.3) is 0 Å². The lowest BCUT2D eigenvalue weighted by Gasteiger charge is -2.31. The molecule has 0 aromatic carbocycles. The fourth-order valence-corrected chi connectivity index (χ4v) is 0.451. The Morgan fingerprint density at radius 3 is 1.17 bits per heavy atom. The Morgan fingerprint density at radius 1 is 0.611 bits per heavy atom. The molecule has 0 saturated carbocycles. The summed E-state index contributed by atoms with van der Waals surface area (Å²) in [5, 5.41) is 7.31. The van der Waals surface area contributed by atoms with Gasteiger partial charge in [-0.05, 0) is 0 Å². The van der Waals surface area contributed by atoms with E-state index in [1.54, 1.807) is 0 Å². The summed E-state index contributed by atoms with van der Waals surface area (Å²) in [6.45, 7) is 0. The van der Waals surface area contributed by atoms with Crippen LogP contribution >= 0.6 is 0 Å². The van der Waals surface area contributed by atoms with Crippen LogP contribution < -0.4 is 0 Å². The van der Waals surface area contributed by atoms with Crippen LogP contribution in [0.4, 0.5) is 48.3 Å². The molecule has 2 nitrogen and oxygen atoms in total. The zero-order valence-corrected chi connectivity index (χ0v) is 7.51. The van der Waals surface area contributed by atoms with Crippen molar-refractivity contribution >= 4 is 0 Å². The largest absolute Gasteiger partial charge is 0.462 e. The Labute approximate surface area is 89.9 Å². The highest BCUT2D eigenvalue weighted by Gasteiger charge is 2.78. The molecule has 18 heavy (non-hydrogen) atoms. The molecule has 0 atom stereocenters. The zero-order valence-electron chi connectivity index (χ0n) is 7.51. The van der Waals surface area contributed by atoms with Gasteiger partial charge in [0.15, 0.2) is 0 Å². The fraction of sp³-hybridized carbons (Fsp3) is 1.00. The lowest BCUT2D eigenvalue weighted by molar-refractivity contribution is -0.517. The van der Waals surface area contributed by atoms with Gasteiger partial charge in [-0.15, -0.1) is 0 Å². The smallest absolute Gasteiger partial charge is 0.329 e. The normalized spacial score (nSPS) is 16.0. The van der Waals surface area contributed by atoms with Crippen LogP contribution in [-0.2, 0) is 4.74 Å². The Morgan fingerprint density at radius 2 is 0.944 bits per heavy atom. The van der Waals surface area contributed by atoms with Crippen LogP contribution in [0.25, 0.3) is 0 Å². The minimum atomic E-state index is -7.17. The summed E-state index contributed by atoms with van der Waals surface area (Å²) in [5.74, 6) is -7.17. The van der Waals surface area contributed by atoms with Crippen molar-refractivity contribution in [1.29, 1.82) is 0 Å². The fourth-order valence-electron chi connectivity index (χ4n) is 0.451. The molecule has 0 rings (SSSR count). The summed E-state index contributed by atoms with van der Waals surface area (Å²) in [6.07, 6.45) is -27.1. The molecule has 0 aliphatic heterocycles. The van der Waals surface area contributed by atoms with E-state index in [0.29, 0.717) is 0 Å². The lowest BCUT2D eigenvalue weighted by atomic mass is 10.3. The van der Waals surface area contributed by atoms with E-state index < -0.39 is 30.4 Å². The Hall–Kier alpha value is -0.850. The summed E-state index contributed by atoms with van der Waals surface area (Å²) in [5.41, 5.74) is 0. The number of hydrogen-bond acceptors (Lipinski definition) is 2. The van der Waals surface area contributed by atoms with E-state index >= 15 is 0 Å². The number of hydrogen-bond donors (Lipinski definition) is 1. The number of alkyl halides is 11. The van der Waals surface area contributed by atoms with Gasteiger partial charge in [0.2, 0.25) is 0 Å². The minimum Gasteiger partial charge on any atom is -0.329 e. The van der Waals surface area contributed by atoms with Crippen LogP contribution in [-0.4, -0.2) is 35.5 Å². The number of ether oxygens (including phenoxy) is 1. The average molecular weight is 302 g/mol. The molecule has 0 amide bonds. The van der Waals surface area contributed by atoms with Gasteiger partial charge in [-0.25, -0.2) is 4.74 Å². The van der Waals surface area contributed by atoms with Crippen LogP contribution in [0.15, 0.2) is 0 Å². The van der Waals surface area contributed by atoms with E-state index in [9.17, 15) is 48.3 Å². The van der Waals surface area contributed by atoms with Crippen molar-refractivity contribution in [2.24, 2.45) is 0 Å². The zero-order chi connectivity index (χ0) is 15.2. The van der Waals surface area contributed by atoms with Crippen molar-refractivity contribution in [1.82, 2.24) is 0 Å². The first-order valence-corrected chi connectivity index (χ1v) is 3.46. The Balaban J connectivity index is 5.33. The van der Waals surface area contributed by atoms with Crippen molar-refractivity contribution in [3.8, 4) is 0 Å². The standard InChI is InChI=1S/C5HF11O2/c6-1(7,2(8,9)10)4(13,14)18-5(15,16)3(11,12)17/h17H. The van der Waals surface area contributed by atoms with Gasteiger partial charge in [0, 0.05) is 0 Å². The second kappa shape index (κ2) is 4.08. The Kier molecular flexibility index (Phi) is 3.89. The third-order valence-corrected chi connectivity index (χ3v) is 1.33. The lowest BCUT2D eigenvalue weighted by Crippen LogP contribution is -2.58. The summed E-state index contributed by atoms with van der Waals surface area (Å²) >= 11 is 0. The predicted octanol–water partition coefficient (Wildman–Crippen LogP) is 2.97. The molecule has 0 saturated heterocycles. The maximum absolute atomic E-state index is 12.1. The highest BCUT2D eigenvalue weighted by molar-refractivity contribution is 4.86. The molecule has 0 unspecified atom stereocenters. The monoisotopic (exact) mass is 302 g/mol. The molecule has 13 heteroatoms. The molecular formula is C5HF11O2. The molecular weight excluding hydrogens is 301 g/mol. The van der Waals surface area contributed by atoms with Gasteiger partial charge in [-0.3, -0.25) is 0 Å². The van der Waals surface area contributed by atoms with Gasteiger partial charge < -0.3 is 5.11 Å². The third-order valence-electron chi connectivity index (χ3n) is 1.33. The summed E-state index contributed by atoms with van der Waals surface area (Å²) in [4.78, 5) is 0. The molecule has 0 bridgehead atoms. The van der Waals surface area contributed by atoms with Crippen molar-refractivity contribution in [2.45, 2.75) is 30.4 Å². The van der Waals surface area contributed by atoms with Crippen molar-refractivity contribution in [3.63, 3.8) is 0 Å². The summed E-state index contributed by atoms with van der Waals surface area (Å²) in [6, 6.07) is 0. The topological polar surface area (TPSA) is 29.5 Å². The maximum Gasteiger partial charge on any atom is 0.462 e. The Bertz CT molecular complexity index is 300.